The van der Waals surface area contributed by atoms with E-state index in [1.54, 1.807) is 28.1 Å². The van der Waals surface area contributed by atoms with Gasteiger partial charge in [0.15, 0.2) is 0 Å². The molecule has 0 fully saturated rings. The summed E-state index contributed by atoms with van der Waals surface area (Å²) in [4.78, 5) is 23.3. The van der Waals surface area contributed by atoms with Gasteiger partial charge in [0.05, 0.1) is 29.2 Å². The average Bonchev–Trinajstić information content (AvgIpc) is 2.50. The van der Waals surface area contributed by atoms with Crippen LogP contribution in [0.15, 0.2) is 0 Å². The highest BCUT2D eigenvalue weighted by molar-refractivity contribution is 6.36. The summed E-state index contributed by atoms with van der Waals surface area (Å²) in [6, 6.07) is 0.371. The number of nitrogens with one attached hydrogen (secondary N) is 1. The fourth-order valence-electron chi connectivity index (χ4n) is 1.91. The van der Waals surface area contributed by atoms with Crippen LogP contribution in [0.5, 0.6) is 0 Å². The quantitative estimate of drug-likeness (QED) is 0.220. The van der Waals surface area contributed by atoms with Crippen molar-refractivity contribution in [1.82, 2.24) is 5.32 Å². The largest absolute Gasteiger partial charge is 0.466 e. The Morgan fingerprint density at radius 3 is 2.27 bits per heavy atom. The molecule has 1 atom stereocenters. The van der Waals surface area contributed by atoms with Crippen LogP contribution in [0.3, 0.4) is 0 Å². The van der Waals surface area contributed by atoms with E-state index in [0.29, 0.717) is 13.2 Å². The van der Waals surface area contributed by atoms with Gasteiger partial charge < -0.3 is 24.3 Å². The molecule has 0 heterocycles. The van der Waals surface area contributed by atoms with Crippen LogP contribution in [0.1, 0.15) is 26.7 Å². The molecule has 0 saturated carbocycles. The Balaban J connectivity index is 4.12. The molecule has 1 N–H and O–H groups in total. The third kappa shape index (κ3) is 9.88. The van der Waals surface area contributed by atoms with Crippen molar-refractivity contribution in [3.63, 3.8) is 0 Å². The minimum Gasteiger partial charge on any atom is -0.466 e. The molecule has 0 saturated heterocycles. The maximum Gasteiger partial charge on any atom is 0.323 e. The predicted molar refractivity (Wildman–Crippen MR) is 85.4 cm³/mol. The van der Waals surface area contributed by atoms with E-state index in [2.05, 4.69) is 5.32 Å². The smallest absolute Gasteiger partial charge is 0.323 e. The van der Waals surface area contributed by atoms with Gasteiger partial charge in [-0.1, -0.05) is 6.04 Å². The summed E-state index contributed by atoms with van der Waals surface area (Å²) in [6.45, 7) is 4.69. The summed E-state index contributed by atoms with van der Waals surface area (Å²) >= 11 is 0. The standard InChI is InChI=1S/C14H29NO6Si/c1-5-20-12(16)10-11(13(17)21-6-2)15-8-7-9-22-14(18-3)19-4/h11,14-15H,5-10,22H2,1-4H3/t11-/m0/s1. The molecule has 0 aliphatic rings. The molecule has 0 amide bonds. The lowest BCUT2D eigenvalue weighted by Gasteiger charge is -2.17. The number of methoxy groups -OCH3 is 2. The molecule has 8 heteroatoms. The minimum atomic E-state index is -0.652. The lowest BCUT2D eigenvalue weighted by molar-refractivity contribution is -0.152. The van der Waals surface area contributed by atoms with Crippen molar-refractivity contribution in [3.05, 3.63) is 0 Å². The van der Waals surface area contributed by atoms with E-state index in [1.165, 1.54) is 0 Å². The van der Waals surface area contributed by atoms with Gasteiger partial charge in [-0.25, -0.2) is 0 Å². The van der Waals surface area contributed by atoms with Crippen molar-refractivity contribution in [2.75, 3.05) is 34.0 Å². The molecular formula is C14H29NO6Si. The fourth-order valence-corrected chi connectivity index (χ4v) is 3.26. The summed E-state index contributed by atoms with van der Waals surface area (Å²) in [6.07, 6.45) is 0.886. The summed E-state index contributed by atoms with van der Waals surface area (Å²) in [5, 5.41) is 3.07. The number of esters is 2. The van der Waals surface area contributed by atoms with Crippen molar-refractivity contribution < 1.29 is 28.5 Å². The zero-order chi connectivity index (χ0) is 16.8. The SMILES string of the molecule is CCOC(=O)C[C@H](NCCC[SiH2]C(OC)OC)C(=O)OCC. The molecule has 0 aromatic carbocycles. The molecule has 0 aliphatic heterocycles. The van der Waals surface area contributed by atoms with Crippen LogP contribution in [0.4, 0.5) is 0 Å². The van der Waals surface area contributed by atoms with Crippen LogP contribution >= 0.6 is 0 Å². The van der Waals surface area contributed by atoms with E-state index in [0.717, 1.165) is 12.5 Å². The van der Waals surface area contributed by atoms with Crippen LogP contribution in [0.2, 0.25) is 6.04 Å². The number of carbonyl (C=O) groups excluding carboxylic acids is 2. The Kier molecular flexibility index (Phi) is 13.1. The third-order valence-electron chi connectivity index (χ3n) is 3.03. The highest BCUT2D eigenvalue weighted by Crippen LogP contribution is 2.01. The normalized spacial score (nSPS) is 12.8. The van der Waals surface area contributed by atoms with Gasteiger partial charge in [0, 0.05) is 14.2 Å². The number of rotatable bonds is 13. The topological polar surface area (TPSA) is 83.1 Å². The van der Waals surface area contributed by atoms with E-state index in [-0.39, 0.29) is 18.9 Å². The second-order valence-corrected chi connectivity index (χ2v) is 6.62. The van der Waals surface area contributed by atoms with Crippen molar-refractivity contribution >= 4 is 21.5 Å². The first-order valence-corrected chi connectivity index (χ1v) is 9.51. The molecule has 130 valence electrons. The van der Waals surface area contributed by atoms with Crippen molar-refractivity contribution in [2.24, 2.45) is 0 Å². The van der Waals surface area contributed by atoms with Crippen LogP contribution in [-0.4, -0.2) is 67.4 Å². The lowest BCUT2D eigenvalue weighted by Crippen LogP contribution is -2.40. The first-order valence-electron chi connectivity index (χ1n) is 7.70. The molecule has 0 bridgehead atoms. The Morgan fingerprint density at radius 1 is 1.09 bits per heavy atom. The molecule has 0 aromatic heterocycles. The number of hydrogen-bond donors (Lipinski definition) is 1. The molecule has 0 aliphatic carbocycles. The van der Waals surface area contributed by atoms with Crippen molar-refractivity contribution in [2.45, 2.75) is 44.7 Å². The Bertz CT molecular complexity index is 312. The molecule has 0 spiro atoms. The molecule has 0 aromatic rings. The number of hydrogen-bond acceptors (Lipinski definition) is 7. The lowest BCUT2D eigenvalue weighted by atomic mass is 10.2. The van der Waals surface area contributed by atoms with Gasteiger partial charge in [-0.3, -0.25) is 9.59 Å². The van der Waals surface area contributed by atoms with Crippen LogP contribution < -0.4 is 5.32 Å². The first-order chi connectivity index (χ1) is 10.6. The number of carbonyl (C=O) groups is 2. The third-order valence-corrected chi connectivity index (χ3v) is 5.08. The molecule has 22 heavy (non-hydrogen) atoms. The van der Waals surface area contributed by atoms with Gasteiger partial charge in [0.2, 0.25) is 0 Å². The van der Waals surface area contributed by atoms with E-state index < -0.39 is 27.5 Å². The predicted octanol–water partition coefficient (Wildman–Crippen LogP) is 0.0145. The first kappa shape index (κ1) is 21.0. The maximum absolute atomic E-state index is 11.8. The van der Waals surface area contributed by atoms with Crippen LogP contribution in [-0.2, 0) is 28.5 Å². The molecule has 7 nitrogen and oxygen atoms in total. The Morgan fingerprint density at radius 2 is 1.73 bits per heavy atom. The molecule has 0 radical (unpaired) electrons. The summed E-state index contributed by atoms with van der Waals surface area (Å²) in [7, 11) is 2.80. The van der Waals surface area contributed by atoms with Crippen molar-refractivity contribution in [1.29, 1.82) is 0 Å². The van der Waals surface area contributed by atoms with Crippen LogP contribution in [0, 0.1) is 0 Å². The van der Waals surface area contributed by atoms with Gasteiger partial charge in [0.1, 0.15) is 12.0 Å². The van der Waals surface area contributed by atoms with E-state index in [4.69, 9.17) is 18.9 Å². The van der Waals surface area contributed by atoms with Gasteiger partial charge in [0.25, 0.3) is 0 Å². The van der Waals surface area contributed by atoms with E-state index in [1.807, 2.05) is 0 Å². The number of ether oxygens (including phenoxy) is 4. The van der Waals surface area contributed by atoms with Gasteiger partial charge in [-0.2, -0.15) is 0 Å². The summed E-state index contributed by atoms with van der Waals surface area (Å²) in [5.41, 5.74) is 0. The second-order valence-electron chi connectivity index (χ2n) is 4.66. The Labute approximate surface area is 134 Å². The fraction of sp³-hybridized carbons (Fsp3) is 0.857. The highest BCUT2D eigenvalue weighted by atomic mass is 28.2. The van der Waals surface area contributed by atoms with E-state index in [9.17, 15) is 9.59 Å². The monoisotopic (exact) mass is 335 g/mol. The second kappa shape index (κ2) is 13.7. The maximum atomic E-state index is 11.8. The van der Waals surface area contributed by atoms with Gasteiger partial charge >= 0.3 is 11.9 Å². The molecule has 0 unspecified atom stereocenters. The zero-order valence-electron chi connectivity index (χ0n) is 14.1. The zero-order valence-corrected chi connectivity index (χ0v) is 15.5. The summed E-state index contributed by atoms with van der Waals surface area (Å²) < 4.78 is 20.2. The minimum absolute atomic E-state index is 0.0110. The van der Waals surface area contributed by atoms with Gasteiger partial charge in [-0.15, -0.1) is 0 Å². The Hall–Kier alpha value is -0.963. The van der Waals surface area contributed by atoms with E-state index >= 15 is 0 Å². The molecular weight excluding hydrogens is 306 g/mol. The summed E-state index contributed by atoms with van der Waals surface area (Å²) in [5.74, 6) is -0.888. The highest BCUT2D eigenvalue weighted by Gasteiger charge is 2.23. The molecule has 0 rings (SSSR count). The average molecular weight is 335 g/mol. The van der Waals surface area contributed by atoms with Crippen LogP contribution in [0.25, 0.3) is 0 Å². The van der Waals surface area contributed by atoms with Gasteiger partial charge in [-0.05, 0) is 26.8 Å². The van der Waals surface area contributed by atoms with Crippen molar-refractivity contribution in [3.8, 4) is 0 Å².